The second-order valence-corrected chi connectivity index (χ2v) is 9.63. The van der Waals surface area contributed by atoms with Crippen LogP contribution < -0.4 is 4.74 Å². The number of aliphatic carboxylic acids is 3. The second-order valence-electron chi connectivity index (χ2n) is 9.63. The zero-order valence-electron chi connectivity index (χ0n) is 33.0. The molecule has 10 nitrogen and oxygen atoms in total. The molecule has 0 aliphatic heterocycles. The zero-order chi connectivity index (χ0) is 50.6. The third kappa shape index (κ3) is 47.3. The van der Waals surface area contributed by atoms with E-state index in [1.54, 1.807) is 36.4 Å². The van der Waals surface area contributed by atoms with Gasteiger partial charge in [0.1, 0.15) is 5.75 Å². The van der Waals surface area contributed by atoms with E-state index in [0.717, 1.165) is 24.0 Å². The fraction of sp³-hybridized carbons (Fsp3) is 0.152. The molecule has 18 heteroatoms. The zero-order valence-corrected chi connectivity index (χ0v) is 33.0. The van der Waals surface area contributed by atoms with Crippen LogP contribution in [0.1, 0.15) is 30.9 Å². The molecular formula is C46H34F8O10. The van der Waals surface area contributed by atoms with Crippen molar-refractivity contribution >= 4 is 29.8 Å². The standard InChI is InChI=1S/C13H14O2.2C9H6O2.C4HF5.C3HF3.2C3H2O2.C2H2/c1-2-3-11-15-13(14)10-9-12-7-5-4-6-8-12;1-2-9(10)11-8-6-4-3-5-7-8;10-9(11)7-6-8-4-2-1-3-5-8;1-2-3(5,6)4(7,8)9;1-2-3(4,5)6;2*1-2-3(4)5;1-2/h4-8H,2-3,11H2,1H3;1,3-7H;1-5H,(H,10,11);1H;1H;2*1H,(H,4,5);1-2H. The van der Waals surface area contributed by atoms with Crippen LogP contribution in [0.15, 0.2) is 91.0 Å². The largest absolute Gasteiger partial charge is 0.472 e. The molecule has 3 N–H and O–H groups in total. The van der Waals surface area contributed by atoms with E-state index in [0.29, 0.717) is 24.2 Å². The Kier molecular flexibility index (Phi) is 39.4. The third-order valence-electron chi connectivity index (χ3n) is 4.92. The van der Waals surface area contributed by atoms with E-state index < -0.39 is 48.1 Å². The first-order chi connectivity index (χ1) is 29.9. The average molecular weight is 899 g/mol. The number of rotatable bonds is 4. The van der Waals surface area contributed by atoms with Gasteiger partial charge < -0.3 is 24.8 Å². The molecule has 334 valence electrons. The highest BCUT2D eigenvalue weighted by molar-refractivity contribution is 5.90. The number of carboxylic acids is 3. The minimum Gasteiger partial charge on any atom is -0.472 e. The van der Waals surface area contributed by atoms with Gasteiger partial charge in [-0.1, -0.05) is 79.8 Å². The van der Waals surface area contributed by atoms with Crippen LogP contribution in [-0.4, -0.2) is 70.0 Å². The number of benzene rings is 3. The summed E-state index contributed by atoms with van der Waals surface area (Å²) in [4.78, 5) is 49.9. The number of esters is 2. The summed E-state index contributed by atoms with van der Waals surface area (Å²) in [5.41, 5.74) is 1.54. The molecule has 0 saturated carbocycles. The Morgan fingerprint density at radius 1 is 0.562 bits per heavy atom. The number of unbranched alkanes of at least 4 members (excludes halogenated alkanes) is 1. The SMILES string of the molecule is C#C.C#CC(=O)O.C#CC(=O)O.C#CC(=O)Oc1ccccc1.C#CC(F)(F)C(F)(F)F.C#CC(F)(F)F.CCCCOC(=O)C#Cc1ccccc1.O=C(O)C#Cc1ccccc1. The molecule has 0 aromatic heterocycles. The first-order valence-electron chi connectivity index (χ1n) is 16.3. The third-order valence-corrected chi connectivity index (χ3v) is 4.92. The summed E-state index contributed by atoms with van der Waals surface area (Å²) in [6, 6.07) is 27.0. The van der Waals surface area contributed by atoms with Crippen LogP contribution in [0.5, 0.6) is 5.75 Å². The fourth-order valence-electron chi connectivity index (χ4n) is 2.34. The van der Waals surface area contributed by atoms with Gasteiger partial charge in [-0.2, -0.15) is 35.1 Å². The van der Waals surface area contributed by atoms with Gasteiger partial charge in [-0.15, -0.1) is 45.0 Å². The van der Waals surface area contributed by atoms with Gasteiger partial charge in [0.25, 0.3) is 0 Å². The maximum Gasteiger partial charge on any atom is 0.466 e. The molecule has 0 fully saturated rings. The number of carbonyl (C=O) groups is 5. The molecule has 0 unspecified atom stereocenters. The Morgan fingerprint density at radius 2 is 0.922 bits per heavy atom. The van der Waals surface area contributed by atoms with Gasteiger partial charge in [0.05, 0.1) is 6.61 Å². The topological polar surface area (TPSA) is 164 Å². The molecule has 0 aliphatic carbocycles. The number of hydrogen-bond acceptors (Lipinski definition) is 7. The highest BCUT2D eigenvalue weighted by Gasteiger charge is 2.56. The lowest BCUT2D eigenvalue weighted by molar-refractivity contribution is -0.254. The number of terminal acetylenes is 6. The monoisotopic (exact) mass is 898 g/mol. The highest BCUT2D eigenvalue weighted by atomic mass is 19.4. The van der Waals surface area contributed by atoms with Crippen molar-refractivity contribution < 1.29 is 83.9 Å². The van der Waals surface area contributed by atoms with E-state index >= 15 is 0 Å². The Balaban J connectivity index is -0.000000217. The van der Waals surface area contributed by atoms with E-state index in [1.807, 2.05) is 73.4 Å². The maximum atomic E-state index is 11.3. The number of carboxylic acid groups (broad SMARTS) is 3. The highest BCUT2D eigenvalue weighted by Crippen LogP contribution is 2.34. The summed E-state index contributed by atoms with van der Waals surface area (Å²) in [5.74, 6) is 6.20. The van der Waals surface area contributed by atoms with Crippen LogP contribution in [0.2, 0.25) is 0 Å². The molecule has 64 heavy (non-hydrogen) atoms. The predicted molar refractivity (Wildman–Crippen MR) is 219 cm³/mol. The van der Waals surface area contributed by atoms with Crippen LogP contribution in [0.3, 0.4) is 0 Å². The van der Waals surface area contributed by atoms with Crippen molar-refractivity contribution in [2.75, 3.05) is 6.61 Å². The molecule has 0 atom stereocenters. The Hall–Kier alpha value is -9.07. The van der Waals surface area contributed by atoms with Crippen molar-refractivity contribution in [2.24, 2.45) is 0 Å². The molecule has 0 spiro atoms. The second kappa shape index (κ2) is 39.4. The quantitative estimate of drug-likeness (QED) is 0.0601. The minimum atomic E-state index is -5.62. The average Bonchev–Trinajstić information content (AvgIpc) is 3.27. The number of hydrogen-bond donors (Lipinski definition) is 3. The van der Waals surface area contributed by atoms with Crippen molar-refractivity contribution in [2.45, 2.75) is 38.0 Å². The molecular weight excluding hydrogens is 864 g/mol. The molecule has 0 saturated heterocycles. The molecule has 0 bridgehead atoms. The van der Waals surface area contributed by atoms with Crippen molar-refractivity contribution in [3.05, 3.63) is 102 Å². The van der Waals surface area contributed by atoms with Gasteiger partial charge in [0, 0.05) is 46.6 Å². The van der Waals surface area contributed by atoms with Crippen molar-refractivity contribution in [1.29, 1.82) is 0 Å². The summed E-state index contributed by atoms with van der Waals surface area (Å²) >= 11 is 0. The number of carbonyl (C=O) groups excluding carboxylic acids is 2. The van der Waals surface area contributed by atoms with Gasteiger partial charge in [-0.05, 0) is 48.7 Å². The lowest BCUT2D eigenvalue weighted by Gasteiger charge is -2.11. The summed E-state index contributed by atoms with van der Waals surface area (Å²) in [7, 11) is 0. The van der Waals surface area contributed by atoms with E-state index in [4.69, 9.17) is 36.1 Å². The van der Waals surface area contributed by atoms with E-state index in [9.17, 15) is 49.5 Å². The van der Waals surface area contributed by atoms with Gasteiger partial charge in [-0.3, -0.25) is 0 Å². The molecule has 0 amide bonds. The van der Waals surface area contributed by atoms with Gasteiger partial charge in [0.2, 0.25) is 0 Å². The van der Waals surface area contributed by atoms with Gasteiger partial charge in [-0.25, -0.2) is 24.0 Å². The molecule has 0 aliphatic rings. The predicted octanol–water partition coefficient (Wildman–Crippen LogP) is 7.39. The lowest BCUT2D eigenvalue weighted by Crippen LogP contribution is -2.34. The molecule has 3 aromatic rings. The van der Waals surface area contributed by atoms with E-state index in [2.05, 4.69) is 61.0 Å². The lowest BCUT2D eigenvalue weighted by atomic mass is 10.2. The van der Waals surface area contributed by atoms with Crippen molar-refractivity contribution in [3.63, 3.8) is 0 Å². The number of alkyl halides is 8. The number of para-hydroxylation sites is 1. The summed E-state index contributed by atoms with van der Waals surface area (Å²) in [6.07, 6.45) is 21.1. The molecule has 3 rings (SSSR count). The smallest absolute Gasteiger partial charge is 0.466 e. The number of ether oxygens (including phenoxy) is 2. The number of halogens is 8. The molecule has 0 heterocycles. The van der Waals surface area contributed by atoms with Crippen LogP contribution in [0.4, 0.5) is 35.1 Å². The van der Waals surface area contributed by atoms with Gasteiger partial charge >= 0.3 is 48.1 Å². The van der Waals surface area contributed by atoms with Crippen molar-refractivity contribution in [1.82, 2.24) is 0 Å². The first kappa shape index (κ1) is 64.1. The first-order valence-corrected chi connectivity index (χ1v) is 16.3. The molecule has 3 aromatic carbocycles. The Labute approximate surface area is 364 Å². The van der Waals surface area contributed by atoms with Crippen LogP contribution >= 0.6 is 0 Å². The van der Waals surface area contributed by atoms with Gasteiger partial charge in [0.15, 0.2) is 0 Å². The maximum absolute atomic E-state index is 11.3. The van der Waals surface area contributed by atoms with Crippen molar-refractivity contribution in [3.8, 4) is 104 Å². The van der Waals surface area contributed by atoms with Crippen LogP contribution in [-0.2, 0) is 28.7 Å². The minimum absolute atomic E-state index is 0.323. The summed E-state index contributed by atoms with van der Waals surface area (Å²) in [6.45, 7) is 2.50. The van der Waals surface area contributed by atoms with Crippen LogP contribution in [0.25, 0.3) is 0 Å². The fourth-order valence-corrected chi connectivity index (χ4v) is 2.34. The summed E-state index contributed by atoms with van der Waals surface area (Å²) in [5, 5.41) is 23.2. The Morgan fingerprint density at radius 3 is 1.19 bits per heavy atom. The Bertz CT molecular complexity index is 2190. The van der Waals surface area contributed by atoms with Crippen LogP contribution in [0, 0.1) is 98.2 Å². The molecule has 0 radical (unpaired) electrons. The van der Waals surface area contributed by atoms with E-state index in [1.165, 1.54) is 11.8 Å². The normalized spacial score (nSPS) is 8.53. The van der Waals surface area contributed by atoms with E-state index in [-0.39, 0.29) is 0 Å². The summed E-state index contributed by atoms with van der Waals surface area (Å²) < 4.78 is 96.6.